The molecule has 3 unspecified atom stereocenters. The summed E-state index contributed by atoms with van der Waals surface area (Å²) in [5.74, 6) is 0. The summed E-state index contributed by atoms with van der Waals surface area (Å²) in [5, 5.41) is 3.70. The molecule has 3 heteroatoms. The van der Waals surface area contributed by atoms with E-state index in [-0.39, 0.29) is 0 Å². The van der Waals surface area contributed by atoms with Crippen LogP contribution in [0.15, 0.2) is 0 Å². The van der Waals surface area contributed by atoms with Crippen molar-refractivity contribution >= 4 is 0 Å². The predicted octanol–water partition coefficient (Wildman–Crippen LogP) is 2.65. The van der Waals surface area contributed by atoms with Gasteiger partial charge in [-0.15, -0.1) is 0 Å². The van der Waals surface area contributed by atoms with E-state index in [1.54, 1.807) is 0 Å². The minimum atomic E-state index is 0.354. The molecule has 2 aliphatic heterocycles. The second kappa shape index (κ2) is 6.55. The lowest BCUT2D eigenvalue weighted by Crippen LogP contribution is -2.59. The maximum Gasteiger partial charge on any atom is 0.0576 e. The average Bonchev–Trinajstić information content (AvgIpc) is 2.83. The third-order valence-electron chi connectivity index (χ3n) is 4.74. The first-order valence-corrected chi connectivity index (χ1v) is 8.06. The minimum Gasteiger partial charge on any atom is -0.378 e. The molecule has 0 radical (unpaired) electrons. The van der Waals surface area contributed by atoms with Gasteiger partial charge in [0, 0.05) is 31.8 Å². The molecule has 0 amide bonds. The predicted molar refractivity (Wildman–Crippen MR) is 80.5 cm³/mol. The summed E-state index contributed by atoms with van der Waals surface area (Å²) in [6, 6.07) is 1.29. The van der Waals surface area contributed by atoms with Crippen molar-refractivity contribution < 1.29 is 4.74 Å². The molecule has 2 rings (SSSR count). The van der Waals surface area contributed by atoms with Gasteiger partial charge in [0.25, 0.3) is 0 Å². The van der Waals surface area contributed by atoms with Crippen LogP contribution in [0.2, 0.25) is 0 Å². The van der Waals surface area contributed by atoms with Crippen LogP contribution in [0.25, 0.3) is 0 Å². The lowest BCUT2D eigenvalue weighted by Gasteiger charge is -2.44. The first-order valence-electron chi connectivity index (χ1n) is 8.06. The number of ether oxygens (including phenoxy) is 1. The van der Waals surface area contributed by atoms with Crippen LogP contribution >= 0.6 is 0 Å². The van der Waals surface area contributed by atoms with Crippen molar-refractivity contribution in [3.05, 3.63) is 0 Å². The lowest BCUT2D eigenvalue weighted by atomic mass is 9.84. The fraction of sp³-hybridized carbons (Fsp3) is 1.00. The quantitative estimate of drug-likeness (QED) is 0.848. The molecule has 0 bridgehead atoms. The highest BCUT2D eigenvalue weighted by Crippen LogP contribution is 2.24. The van der Waals surface area contributed by atoms with Crippen molar-refractivity contribution in [1.82, 2.24) is 10.2 Å². The summed E-state index contributed by atoms with van der Waals surface area (Å²) < 4.78 is 5.71. The summed E-state index contributed by atoms with van der Waals surface area (Å²) in [7, 11) is 0. The summed E-state index contributed by atoms with van der Waals surface area (Å²) in [6.07, 6.45) is 5.63. The van der Waals surface area contributed by atoms with Gasteiger partial charge in [0.1, 0.15) is 0 Å². The van der Waals surface area contributed by atoms with E-state index in [0.717, 1.165) is 13.2 Å². The molecule has 2 aliphatic rings. The molecule has 0 aromatic carbocycles. The Kier molecular flexibility index (Phi) is 5.27. The zero-order chi connectivity index (χ0) is 13.9. The Morgan fingerprint density at radius 2 is 2.11 bits per heavy atom. The number of rotatable bonds is 4. The third kappa shape index (κ3) is 4.44. The molecule has 19 heavy (non-hydrogen) atoms. The van der Waals surface area contributed by atoms with E-state index in [2.05, 4.69) is 37.9 Å². The first-order chi connectivity index (χ1) is 8.97. The average molecular weight is 268 g/mol. The number of piperazine rings is 1. The standard InChI is InChI=1S/C16H32N2O/c1-13-11-17-15(16(2,3)4)12-18(13)9-5-7-14-8-6-10-19-14/h13-15,17H,5-12H2,1-4H3. The highest BCUT2D eigenvalue weighted by atomic mass is 16.5. The summed E-state index contributed by atoms with van der Waals surface area (Å²) >= 11 is 0. The van der Waals surface area contributed by atoms with Gasteiger partial charge in [-0.3, -0.25) is 4.90 Å². The van der Waals surface area contributed by atoms with E-state index in [1.165, 1.54) is 38.8 Å². The van der Waals surface area contributed by atoms with Gasteiger partial charge in [-0.2, -0.15) is 0 Å². The molecule has 0 saturated carbocycles. The number of nitrogens with one attached hydrogen (secondary N) is 1. The molecule has 0 spiro atoms. The van der Waals surface area contributed by atoms with E-state index >= 15 is 0 Å². The smallest absolute Gasteiger partial charge is 0.0576 e. The second-order valence-electron chi connectivity index (χ2n) is 7.45. The molecule has 2 fully saturated rings. The zero-order valence-corrected chi connectivity index (χ0v) is 13.2. The largest absolute Gasteiger partial charge is 0.378 e. The van der Waals surface area contributed by atoms with Gasteiger partial charge in [0.2, 0.25) is 0 Å². The van der Waals surface area contributed by atoms with Crippen LogP contribution in [0, 0.1) is 5.41 Å². The third-order valence-corrected chi connectivity index (χ3v) is 4.74. The molecule has 0 aromatic rings. The lowest BCUT2D eigenvalue weighted by molar-refractivity contribution is 0.0758. The van der Waals surface area contributed by atoms with Crippen LogP contribution in [0.5, 0.6) is 0 Å². The topological polar surface area (TPSA) is 24.5 Å². The van der Waals surface area contributed by atoms with Crippen molar-refractivity contribution in [3.8, 4) is 0 Å². The Morgan fingerprint density at radius 1 is 1.32 bits per heavy atom. The Balaban J connectivity index is 1.74. The van der Waals surface area contributed by atoms with Crippen molar-refractivity contribution in [3.63, 3.8) is 0 Å². The molecular weight excluding hydrogens is 236 g/mol. The molecule has 0 aromatic heterocycles. The van der Waals surface area contributed by atoms with E-state index in [0.29, 0.717) is 23.6 Å². The Labute approximate surface area is 119 Å². The molecule has 3 atom stereocenters. The van der Waals surface area contributed by atoms with Crippen molar-refractivity contribution in [2.75, 3.05) is 26.2 Å². The van der Waals surface area contributed by atoms with Gasteiger partial charge >= 0.3 is 0 Å². The normalized spacial score (nSPS) is 33.8. The van der Waals surface area contributed by atoms with E-state index in [9.17, 15) is 0 Å². The highest BCUT2D eigenvalue weighted by molar-refractivity contribution is 4.90. The highest BCUT2D eigenvalue weighted by Gasteiger charge is 2.32. The molecule has 3 nitrogen and oxygen atoms in total. The van der Waals surface area contributed by atoms with Gasteiger partial charge in [0.05, 0.1) is 6.10 Å². The van der Waals surface area contributed by atoms with Crippen LogP contribution in [-0.2, 0) is 4.74 Å². The zero-order valence-electron chi connectivity index (χ0n) is 13.2. The molecule has 112 valence electrons. The maximum atomic E-state index is 5.71. The number of hydrogen-bond donors (Lipinski definition) is 1. The van der Waals surface area contributed by atoms with E-state index in [1.807, 2.05) is 0 Å². The van der Waals surface area contributed by atoms with Crippen LogP contribution in [-0.4, -0.2) is 49.3 Å². The van der Waals surface area contributed by atoms with E-state index in [4.69, 9.17) is 4.74 Å². The van der Waals surface area contributed by atoms with Crippen LogP contribution in [0.1, 0.15) is 53.4 Å². The molecular formula is C16H32N2O. The van der Waals surface area contributed by atoms with Crippen LogP contribution < -0.4 is 5.32 Å². The van der Waals surface area contributed by atoms with Crippen molar-refractivity contribution in [2.24, 2.45) is 5.41 Å². The van der Waals surface area contributed by atoms with Gasteiger partial charge in [-0.05, 0) is 44.6 Å². The first kappa shape index (κ1) is 15.3. The SMILES string of the molecule is CC1CNC(C(C)(C)C)CN1CCCC1CCCO1. The van der Waals surface area contributed by atoms with Crippen LogP contribution in [0.4, 0.5) is 0 Å². The summed E-state index contributed by atoms with van der Waals surface area (Å²) in [6.45, 7) is 13.9. The molecule has 2 heterocycles. The maximum absolute atomic E-state index is 5.71. The second-order valence-corrected chi connectivity index (χ2v) is 7.45. The minimum absolute atomic E-state index is 0.354. The van der Waals surface area contributed by atoms with Crippen molar-refractivity contribution in [2.45, 2.75) is 71.6 Å². The fourth-order valence-electron chi connectivity index (χ4n) is 3.21. The monoisotopic (exact) mass is 268 g/mol. The van der Waals surface area contributed by atoms with Gasteiger partial charge in [0.15, 0.2) is 0 Å². The summed E-state index contributed by atoms with van der Waals surface area (Å²) in [4.78, 5) is 2.67. The van der Waals surface area contributed by atoms with E-state index < -0.39 is 0 Å². The summed E-state index contributed by atoms with van der Waals surface area (Å²) in [5.41, 5.74) is 0.354. The van der Waals surface area contributed by atoms with Crippen molar-refractivity contribution in [1.29, 1.82) is 0 Å². The van der Waals surface area contributed by atoms with Crippen LogP contribution in [0.3, 0.4) is 0 Å². The van der Waals surface area contributed by atoms with Gasteiger partial charge in [-0.25, -0.2) is 0 Å². The van der Waals surface area contributed by atoms with Gasteiger partial charge in [-0.1, -0.05) is 20.8 Å². The molecule has 2 saturated heterocycles. The Hall–Kier alpha value is -0.120. The fourth-order valence-corrected chi connectivity index (χ4v) is 3.21. The molecule has 0 aliphatic carbocycles. The molecule has 1 N–H and O–H groups in total. The van der Waals surface area contributed by atoms with Gasteiger partial charge < -0.3 is 10.1 Å². The number of nitrogens with zero attached hydrogens (tertiary/aromatic N) is 1. The Bertz CT molecular complexity index is 268. The Morgan fingerprint density at radius 3 is 2.74 bits per heavy atom. The number of hydrogen-bond acceptors (Lipinski definition) is 3.